The van der Waals surface area contributed by atoms with Crippen LogP contribution < -0.4 is 15.0 Å². The summed E-state index contributed by atoms with van der Waals surface area (Å²) < 4.78 is 42.7. The summed E-state index contributed by atoms with van der Waals surface area (Å²) in [6.45, 7) is 6.44. The van der Waals surface area contributed by atoms with E-state index in [1.807, 2.05) is 0 Å². The molecule has 0 aliphatic carbocycles. The Bertz CT molecular complexity index is 1770. The van der Waals surface area contributed by atoms with Crippen molar-refractivity contribution in [1.82, 2.24) is 20.1 Å². The standard InChI is InChI=1S/C34H34F3N7O2S/c1-4-5-25-7-6-22(2)18-30(25)44-23(3)16-17-47-33(44)41-32(45)39-20-27(19-38)24-8-10-26(11-9-24)31-40-21-43(42-31)28-12-14-29(15-13-28)46-34(35,36)37/h6-15,18,21,23,27H,4-5,16-17,20H2,1-3H3,(H,39,45). The maximum Gasteiger partial charge on any atom is 0.573 e. The first-order valence-corrected chi connectivity index (χ1v) is 16.2. The van der Waals surface area contributed by atoms with Gasteiger partial charge in [-0.25, -0.2) is 14.5 Å². The Morgan fingerprint density at radius 3 is 2.60 bits per heavy atom. The van der Waals surface area contributed by atoms with Gasteiger partial charge in [0.15, 0.2) is 11.0 Å². The Labute approximate surface area is 275 Å². The molecule has 1 N–H and O–H groups in total. The highest BCUT2D eigenvalue weighted by Crippen LogP contribution is 2.33. The number of carbonyl (C=O) groups is 1. The summed E-state index contributed by atoms with van der Waals surface area (Å²) in [5, 5.41) is 17.8. The molecular weight excluding hydrogens is 627 g/mol. The number of aryl methyl sites for hydroxylation is 2. The van der Waals surface area contributed by atoms with Crippen LogP contribution >= 0.6 is 11.8 Å². The number of aromatic nitrogens is 3. The van der Waals surface area contributed by atoms with Crippen molar-refractivity contribution in [2.45, 2.75) is 58.4 Å². The third kappa shape index (κ3) is 8.51. The lowest BCUT2D eigenvalue weighted by molar-refractivity contribution is -0.274. The van der Waals surface area contributed by atoms with Gasteiger partial charge in [-0.2, -0.15) is 10.3 Å². The Morgan fingerprint density at radius 2 is 1.91 bits per heavy atom. The minimum Gasteiger partial charge on any atom is -0.406 e. The normalized spacial score (nSPS) is 16.5. The number of nitrogens with one attached hydrogen (secondary N) is 1. The van der Waals surface area contributed by atoms with Gasteiger partial charge in [0.25, 0.3) is 0 Å². The maximum atomic E-state index is 13.0. The Kier molecular flexibility index (Phi) is 10.5. The average Bonchev–Trinajstić information content (AvgIpc) is 3.53. The fraction of sp³-hybridized carbons (Fsp3) is 0.324. The summed E-state index contributed by atoms with van der Waals surface area (Å²) in [6.07, 6.45) is -0.402. The van der Waals surface area contributed by atoms with E-state index in [-0.39, 0.29) is 18.3 Å². The molecule has 13 heteroatoms. The van der Waals surface area contributed by atoms with Crippen molar-refractivity contribution in [3.63, 3.8) is 0 Å². The van der Waals surface area contributed by atoms with E-state index >= 15 is 0 Å². The molecule has 2 atom stereocenters. The molecule has 0 radical (unpaired) electrons. The molecule has 244 valence electrons. The van der Waals surface area contributed by atoms with E-state index in [1.54, 1.807) is 36.0 Å². The molecule has 5 rings (SSSR count). The van der Waals surface area contributed by atoms with Gasteiger partial charge in [0.2, 0.25) is 0 Å². The van der Waals surface area contributed by atoms with Gasteiger partial charge in [-0.1, -0.05) is 61.5 Å². The summed E-state index contributed by atoms with van der Waals surface area (Å²) in [5.41, 5.74) is 5.34. The molecule has 2 unspecified atom stereocenters. The first-order chi connectivity index (χ1) is 22.5. The molecule has 9 nitrogen and oxygen atoms in total. The fourth-order valence-electron chi connectivity index (χ4n) is 5.25. The molecule has 0 spiro atoms. The second kappa shape index (κ2) is 14.7. The quantitative estimate of drug-likeness (QED) is 0.195. The van der Waals surface area contributed by atoms with E-state index < -0.39 is 18.3 Å². The van der Waals surface area contributed by atoms with E-state index in [0.717, 1.165) is 36.3 Å². The lowest BCUT2D eigenvalue weighted by Crippen LogP contribution is -2.42. The van der Waals surface area contributed by atoms with Gasteiger partial charge in [0, 0.05) is 29.6 Å². The van der Waals surface area contributed by atoms with Crippen molar-refractivity contribution < 1.29 is 22.7 Å². The van der Waals surface area contributed by atoms with Gasteiger partial charge in [0.1, 0.15) is 12.1 Å². The Hall–Kier alpha value is -4.83. The van der Waals surface area contributed by atoms with E-state index in [0.29, 0.717) is 27.8 Å². The van der Waals surface area contributed by atoms with Gasteiger partial charge in [-0.05, 0) is 73.7 Å². The van der Waals surface area contributed by atoms with Crippen LogP contribution in [0.15, 0.2) is 78.0 Å². The van der Waals surface area contributed by atoms with Crippen molar-refractivity contribution in [3.05, 3.63) is 89.7 Å². The van der Waals surface area contributed by atoms with Crippen molar-refractivity contribution >= 4 is 28.6 Å². The maximum absolute atomic E-state index is 13.0. The SMILES string of the molecule is CCCc1ccc(C)cc1N1C(=NC(=O)NCC(C#N)c2ccc(-c3ncn(-c4ccc(OC(F)(F)F)cc4)n3)cc2)SCCC1C. The zero-order chi connectivity index (χ0) is 33.6. The van der Waals surface area contributed by atoms with Gasteiger partial charge < -0.3 is 15.0 Å². The largest absolute Gasteiger partial charge is 0.573 e. The number of amides is 2. The van der Waals surface area contributed by atoms with E-state index in [4.69, 9.17) is 0 Å². The molecular formula is C34H34F3N7O2S. The number of anilines is 1. The average molecular weight is 662 g/mol. The molecule has 1 aromatic heterocycles. The number of aliphatic imine (C=N–C) groups is 1. The monoisotopic (exact) mass is 661 g/mol. The third-order valence-corrected chi connectivity index (χ3v) is 8.63. The summed E-state index contributed by atoms with van der Waals surface area (Å²) >= 11 is 1.56. The molecule has 4 aromatic rings. The molecule has 1 aliphatic rings. The number of hydrogen-bond acceptors (Lipinski definition) is 6. The molecule has 0 saturated carbocycles. The number of thioether (sulfide) groups is 1. The number of benzene rings is 3. The first-order valence-electron chi connectivity index (χ1n) is 15.2. The smallest absolute Gasteiger partial charge is 0.406 e. The predicted molar refractivity (Wildman–Crippen MR) is 177 cm³/mol. The number of nitrogens with zero attached hydrogens (tertiary/aromatic N) is 6. The van der Waals surface area contributed by atoms with Crippen LogP contribution in [0.2, 0.25) is 0 Å². The topological polar surface area (TPSA) is 108 Å². The van der Waals surface area contributed by atoms with Crippen LogP contribution in [0, 0.1) is 18.3 Å². The van der Waals surface area contributed by atoms with Crippen LogP contribution in [-0.2, 0) is 6.42 Å². The summed E-state index contributed by atoms with van der Waals surface area (Å²) in [4.78, 5) is 24.0. The zero-order valence-corrected chi connectivity index (χ0v) is 27.0. The lowest BCUT2D eigenvalue weighted by Gasteiger charge is -2.37. The Balaban J connectivity index is 1.24. The molecule has 0 bridgehead atoms. The first kappa shape index (κ1) is 33.5. The minimum absolute atomic E-state index is 0.0815. The number of amidine groups is 1. The van der Waals surface area contributed by atoms with Gasteiger partial charge in [-0.3, -0.25) is 0 Å². The lowest BCUT2D eigenvalue weighted by atomic mass is 9.99. The van der Waals surface area contributed by atoms with Crippen molar-refractivity contribution in [3.8, 4) is 28.9 Å². The number of ether oxygens (including phenoxy) is 1. The van der Waals surface area contributed by atoms with Crippen molar-refractivity contribution in [2.75, 3.05) is 17.2 Å². The number of urea groups is 1. The molecule has 1 fully saturated rings. The molecule has 1 saturated heterocycles. The molecule has 2 heterocycles. The highest BCUT2D eigenvalue weighted by molar-refractivity contribution is 8.14. The van der Waals surface area contributed by atoms with Gasteiger partial charge in [0.05, 0.1) is 17.7 Å². The molecule has 1 aliphatic heterocycles. The number of nitriles is 1. The highest BCUT2D eigenvalue weighted by Gasteiger charge is 2.31. The van der Waals surface area contributed by atoms with Crippen LogP contribution in [0.3, 0.4) is 0 Å². The van der Waals surface area contributed by atoms with Crippen LogP contribution in [0.1, 0.15) is 49.3 Å². The highest BCUT2D eigenvalue weighted by atomic mass is 32.2. The second-order valence-electron chi connectivity index (χ2n) is 11.2. The number of alkyl halides is 3. The van der Waals surface area contributed by atoms with Gasteiger partial charge in [-0.15, -0.1) is 18.3 Å². The number of rotatable bonds is 9. The van der Waals surface area contributed by atoms with Crippen LogP contribution in [0.25, 0.3) is 17.1 Å². The Morgan fingerprint density at radius 1 is 1.17 bits per heavy atom. The van der Waals surface area contributed by atoms with Crippen molar-refractivity contribution in [2.24, 2.45) is 4.99 Å². The number of hydrogen-bond donors (Lipinski definition) is 1. The van der Waals surface area contributed by atoms with Gasteiger partial charge >= 0.3 is 12.4 Å². The minimum atomic E-state index is -4.77. The van der Waals surface area contributed by atoms with E-state index in [9.17, 15) is 23.2 Å². The molecule has 3 aromatic carbocycles. The number of halogens is 3. The number of carbonyl (C=O) groups excluding carboxylic acids is 1. The predicted octanol–water partition coefficient (Wildman–Crippen LogP) is 7.80. The van der Waals surface area contributed by atoms with Crippen LogP contribution in [0.5, 0.6) is 5.75 Å². The van der Waals surface area contributed by atoms with Crippen LogP contribution in [0.4, 0.5) is 23.7 Å². The fourth-order valence-corrected chi connectivity index (χ4v) is 6.46. The molecule has 47 heavy (non-hydrogen) atoms. The zero-order valence-electron chi connectivity index (χ0n) is 26.2. The second-order valence-corrected chi connectivity index (χ2v) is 12.2. The van der Waals surface area contributed by atoms with Crippen LogP contribution in [-0.4, -0.2) is 50.7 Å². The van der Waals surface area contributed by atoms with Crippen molar-refractivity contribution in [1.29, 1.82) is 5.26 Å². The summed E-state index contributed by atoms with van der Waals surface area (Å²) in [7, 11) is 0. The molecule has 2 amide bonds. The summed E-state index contributed by atoms with van der Waals surface area (Å²) in [6, 6.07) is 20.7. The summed E-state index contributed by atoms with van der Waals surface area (Å²) in [5.74, 6) is 0.310. The third-order valence-electron chi connectivity index (χ3n) is 7.64. The van der Waals surface area contributed by atoms with E-state index in [2.05, 4.69) is 75.1 Å². The van der Waals surface area contributed by atoms with E-state index in [1.165, 1.54) is 40.8 Å².